The standard InChI is InChI=1S/C11H10Cl2N2O/c12-9-3-8(4-10(13)11(9)16)15-6-7-1-2-14-5-7/h1-5,14-16H,6H2. The number of aromatic nitrogens is 1. The van der Waals surface area contributed by atoms with Crippen LogP contribution in [0.3, 0.4) is 0 Å². The van der Waals surface area contributed by atoms with Gasteiger partial charge in [0.25, 0.3) is 0 Å². The van der Waals surface area contributed by atoms with Crippen molar-refractivity contribution in [3.63, 3.8) is 0 Å². The number of H-pyrrole nitrogens is 1. The number of phenols is 1. The van der Waals surface area contributed by atoms with E-state index in [1.165, 1.54) is 0 Å². The Balaban J connectivity index is 2.10. The van der Waals surface area contributed by atoms with Crippen molar-refractivity contribution in [2.75, 3.05) is 5.32 Å². The van der Waals surface area contributed by atoms with E-state index in [9.17, 15) is 5.11 Å². The highest BCUT2D eigenvalue weighted by atomic mass is 35.5. The molecule has 0 atom stereocenters. The summed E-state index contributed by atoms with van der Waals surface area (Å²) in [5.41, 5.74) is 1.90. The fraction of sp³-hybridized carbons (Fsp3) is 0.0909. The zero-order valence-corrected chi connectivity index (χ0v) is 9.81. The van der Waals surface area contributed by atoms with E-state index >= 15 is 0 Å². The first-order valence-electron chi connectivity index (χ1n) is 4.70. The highest BCUT2D eigenvalue weighted by molar-refractivity contribution is 6.37. The predicted molar refractivity (Wildman–Crippen MR) is 66.2 cm³/mol. The predicted octanol–water partition coefficient (Wildman–Crippen LogP) is 3.64. The maximum Gasteiger partial charge on any atom is 0.152 e. The quantitative estimate of drug-likeness (QED) is 0.735. The molecule has 3 N–H and O–H groups in total. The number of benzene rings is 1. The van der Waals surface area contributed by atoms with E-state index in [-0.39, 0.29) is 15.8 Å². The van der Waals surface area contributed by atoms with Gasteiger partial charge in [-0.25, -0.2) is 0 Å². The highest BCUT2D eigenvalue weighted by Gasteiger charge is 2.06. The lowest BCUT2D eigenvalue weighted by Crippen LogP contribution is -1.98. The average molecular weight is 257 g/mol. The first-order chi connectivity index (χ1) is 7.66. The van der Waals surface area contributed by atoms with Gasteiger partial charge in [0.05, 0.1) is 10.0 Å². The Morgan fingerprint density at radius 1 is 1.25 bits per heavy atom. The summed E-state index contributed by atoms with van der Waals surface area (Å²) < 4.78 is 0. The molecule has 0 spiro atoms. The van der Waals surface area contributed by atoms with Gasteiger partial charge in [-0.15, -0.1) is 0 Å². The third-order valence-corrected chi connectivity index (χ3v) is 2.75. The largest absolute Gasteiger partial charge is 0.505 e. The average Bonchev–Trinajstić information content (AvgIpc) is 2.75. The summed E-state index contributed by atoms with van der Waals surface area (Å²) in [5.74, 6) is -0.0875. The molecule has 1 aromatic heterocycles. The second-order valence-electron chi connectivity index (χ2n) is 3.36. The van der Waals surface area contributed by atoms with Crippen molar-refractivity contribution in [3.05, 3.63) is 46.2 Å². The number of aromatic amines is 1. The van der Waals surface area contributed by atoms with Crippen LogP contribution in [0.4, 0.5) is 5.69 Å². The molecule has 0 saturated heterocycles. The van der Waals surface area contributed by atoms with Gasteiger partial charge in [-0.1, -0.05) is 23.2 Å². The minimum absolute atomic E-state index is 0.0875. The molecule has 1 aromatic carbocycles. The van der Waals surface area contributed by atoms with Crippen LogP contribution in [-0.4, -0.2) is 10.1 Å². The maximum absolute atomic E-state index is 9.39. The van der Waals surface area contributed by atoms with Gasteiger partial charge in [-0.05, 0) is 23.8 Å². The molecule has 0 aliphatic heterocycles. The number of halogens is 2. The van der Waals surface area contributed by atoms with Gasteiger partial charge in [0.15, 0.2) is 5.75 Å². The first kappa shape index (κ1) is 11.2. The van der Waals surface area contributed by atoms with Crippen molar-refractivity contribution in [1.82, 2.24) is 4.98 Å². The fourth-order valence-corrected chi connectivity index (χ4v) is 1.83. The molecule has 3 nitrogen and oxygen atoms in total. The van der Waals surface area contributed by atoms with E-state index in [0.717, 1.165) is 11.3 Å². The van der Waals surface area contributed by atoms with Crippen LogP contribution in [0, 0.1) is 0 Å². The maximum atomic E-state index is 9.39. The van der Waals surface area contributed by atoms with Gasteiger partial charge in [0, 0.05) is 24.6 Å². The zero-order valence-electron chi connectivity index (χ0n) is 8.30. The minimum atomic E-state index is -0.0875. The van der Waals surface area contributed by atoms with Gasteiger partial charge in [0.1, 0.15) is 0 Å². The molecule has 2 aromatic rings. The second-order valence-corrected chi connectivity index (χ2v) is 4.18. The number of anilines is 1. The molecule has 0 amide bonds. The molecule has 0 fully saturated rings. The molecule has 0 radical (unpaired) electrons. The Labute approximate surface area is 103 Å². The first-order valence-corrected chi connectivity index (χ1v) is 5.46. The number of phenolic OH excluding ortho intramolecular Hbond substituents is 1. The van der Waals surface area contributed by atoms with E-state index in [4.69, 9.17) is 23.2 Å². The molecule has 1 heterocycles. The fourth-order valence-electron chi connectivity index (χ4n) is 1.34. The van der Waals surface area contributed by atoms with E-state index in [2.05, 4.69) is 10.3 Å². The number of nitrogens with one attached hydrogen (secondary N) is 2. The minimum Gasteiger partial charge on any atom is -0.505 e. The van der Waals surface area contributed by atoms with E-state index in [0.29, 0.717) is 6.54 Å². The van der Waals surface area contributed by atoms with Crippen LogP contribution in [0.25, 0.3) is 0 Å². The van der Waals surface area contributed by atoms with Crippen LogP contribution in [0.15, 0.2) is 30.6 Å². The van der Waals surface area contributed by atoms with Crippen molar-refractivity contribution in [1.29, 1.82) is 0 Å². The van der Waals surface area contributed by atoms with Crippen LogP contribution in [0.1, 0.15) is 5.56 Å². The zero-order chi connectivity index (χ0) is 11.5. The smallest absolute Gasteiger partial charge is 0.152 e. The van der Waals surface area contributed by atoms with Crippen molar-refractivity contribution >= 4 is 28.9 Å². The van der Waals surface area contributed by atoms with Gasteiger partial charge in [-0.3, -0.25) is 0 Å². The number of aromatic hydroxyl groups is 1. The van der Waals surface area contributed by atoms with Crippen molar-refractivity contribution < 1.29 is 5.11 Å². The summed E-state index contributed by atoms with van der Waals surface area (Å²) in [6, 6.07) is 5.24. The third kappa shape index (κ3) is 2.43. The molecular weight excluding hydrogens is 247 g/mol. The Bertz CT molecular complexity index is 460. The number of hydrogen-bond donors (Lipinski definition) is 3. The summed E-state index contributed by atoms with van der Waals surface area (Å²) in [4.78, 5) is 2.97. The molecule has 84 valence electrons. The molecule has 0 aliphatic rings. The lowest BCUT2D eigenvalue weighted by atomic mass is 10.2. The number of rotatable bonds is 3. The van der Waals surface area contributed by atoms with Gasteiger partial charge in [-0.2, -0.15) is 0 Å². The molecule has 16 heavy (non-hydrogen) atoms. The van der Waals surface area contributed by atoms with E-state index in [1.807, 2.05) is 18.5 Å². The lowest BCUT2D eigenvalue weighted by molar-refractivity contribution is 0.476. The van der Waals surface area contributed by atoms with E-state index < -0.39 is 0 Å². The molecule has 0 bridgehead atoms. The van der Waals surface area contributed by atoms with Crippen molar-refractivity contribution in [3.8, 4) is 5.75 Å². The normalized spacial score (nSPS) is 10.4. The Morgan fingerprint density at radius 2 is 1.94 bits per heavy atom. The Kier molecular flexibility index (Phi) is 3.27. The molecule has 0 aliphatic carbocycles. The van der Waals surface area contributed by atoms with Gasteiger partial charge < -0.3 is 15.4 Å². The van der Waals surface area contributed by atoms with Crippen LogP contribution < -0.4 is 5.32 Å². The molecular formula is C11H10Cl2N2O. The molecule has 0 saturated carbocycles. The number of hydrogen-bond acceptors (Lipinski definition) is 2. The molecule has 5 heteroatoms. The van der Waals surface area contributed by atoms with Gasteiger partial charge >= 0.3 is 0 Å². The summed E-state index contributed by atoms with van der Waals surface area (Å²) >= 11 is 11.6. The monoisotopic (exact) mass is 256 g/mol. The van der Waals surface area contributed by atoms with Crippen LogP contribution in [0.2, 0.25) is 10.0 Å². The SMILES string of the molecule is Oc1c(Cl)cc(NCc2cc[nH]c2)cc1Cl. The Morgan fingerprint density at radius 3 is 2.50 bits per heavy atom. The summed E-state index contributed by atoms with van der Waals surface area (Å²) in [5, 5.41) is 13.0. The van der Waals surface area contributed by atoms with Crippen LogP contribution >= 0.6 is 23.2 Å². The second kappa shape index (κ2) is 4.68. The van der Waals surface area contributed by atoms with Crippen molar-refractivity contribution in [2.24, 2.45) is 0 Å². The third-order valence-electron chi connectivity index (χ3n) is 2.18. The lowest BCUT2D eigenvalue weighted by Gasteiger charge is -2.07. The van der Waals surface area contributed by atoms with Crippen molar-refractivity contribution in [2.45, 2.75) is 6.54 Å². The van der Waals surface area contributed by atoms with Crippen LogP contribution in [-0.2, 0) is 6.54 Å². The Hall–Kier alpha value is -1.32. The van der Waals surface area contributed by atoms with Gasteiger partial charge in [0.2, 0.25) is 0 Å². The summed E-state index contributed by atoms with van der Waals surface area (Å²) in [7, 11) is 0. The molecule has 0 unspecified atom stereocenters. The van der Waals surface area contributed by atoms with E-state index in [1.54, 1.807) is 12.1 Å². The highest BCUT2D eigenvalue weighted by Crippen LogP contribution is 2.34. The summed E-state index contributed by atoms with van der Waals surface area (Å²) in [6.07, 6.45) is 3.75. The molecule has 2 rings (SSSR count). The topological polar surface area (TPSA) is 48.0 Å². The summed E-state index contributed by atoms with van der Waals surface area (Å²) in [6.45, 7) is 0.668. The van der Waals surface area contributed by atoms with Crippen LogP contribution in [0.5, 0.6) is 5.75 Å².